The monoisotopic (exact) mass is 1020 g/mol. The number of allylic oxidation sites excluding steroid dienone is 1. The van der Waals surface area contributed by atoms with Crippen LogP contribution in [0.5, 0.6) is 5.75 Å². The van der Waals surface area contributed by atoms with E-state index in [4.69, 9.17) is 30.5 Å². The van der Waals surface area contributed by atoms with E-state index >= 15 is 0 Å². The number of benzene rings is 2. The summed E-state index contributed by atoms with van der Waals surface area (Å²) >= 11 is 6.14. The van der Waals surface area contributed by atoms with Gasteiger partial charge in [-0.3, -0.25) is 34.1 Å². The Hall–Kier alpha value is -6.83. The van der Waals surface area contributed by atoms with Crippen LogP contribution in [-0.2, 0) is 54.2 Å². The van der Waals surface area contributed by atoms with Crippen molar-refractivity contribution in [3.63, 3.8) is 0 Å². The number of amides is 5. The highest BCUT2D eigenvalue weighted by atomic mass is 35.5. The Morgan fingerprint density at radius 1 is 0.903 bits per heavy atom. The van der Waals surface area contributed by atoms with Crippen LogP contribution in [0.4, 0.5) is 10.5 Å². The molecule has 0 radical (unpaired) electrons. The van der Waals surface area contributed by atoms with Crippen molar-refractivity contribution in [1.29, 1.82) is 0 Å². The van der Waals surface area contributed by atoms with Crippen molar-refractivity contribution in [1.82, 2.24) is 25.8 Å². The summed E-state index contributed by atoms with van der Waals surface area (Å²) in [5, 5.41) is 19.6. The van der Waals surface area contributed by atoms with Gasteiger partial charge in [0.2, 0.25) is 23.6 Å². The molecule has 1 aliphatic heterocycles. The molecule has 9 atom stereocenters. The summed E-state index contributed by atoms with van der Waals surface area (Å²) in [6, 6.07) is 6.36. The first kappa shape index (κ1) is 59.5. The Bertz CT molecular complexity index is 2340. The molecular formula is C51H69ClN6O14. The Kier molecular flexibility index (Phi) is 22.9. The van der Waals surface area contributed by atoms with Crippen LogP contribution in [0.15, 0.2) is 71.8 Å². The van der Waals surface area contributed by atoms with E-state index < -0.39 is 113 Å². The van der Waals surface area contributed by atoms with Crippen molar-refractivity contribution < 1.29 is 62.2 Å². The molecule has 3 N–H and O–H groups in total. The van der Waals surface area contributed by atoms with Crippen LogP contribution in [0, 0.1) is 27.9 Å². The molecule has 0 spiro atoms. The quantitative estimate of drug-likeness (QED) is 0.0614. The lowest BCUT2D eigenvalue weighted by Gasteiger charge is -2.33. The number of carbonyl (C=O) groups excluding carboxylic acids is 8. The van der Waals surface area contributed by atoms with Crippen LogP contribution < -0.4 is 20.7 Å². The molecule has 1 aliphatic rings. The number of ether oxygens (including phenoxy) is 4. The second kappa shape index (κ2) is 27.7. The molecule has 1 unspecified atom stereocenters. The molecule has 0 aromatic heterocycles. The van der Waals surface area contributed by atoms with E-state index in [1.165, 1.54) is 53.1 Å². The second-order valence-corrected chi connectivity index (χ2v) is 19.0. The third-order valence-corrected chi connectivity index (χ3v) is 12.6. The Balaban J connectivity index is 2.14. The molecule has 20 nitrogen and oxygen atoms in total. The smallest absolute Gasteiger partial charge is 0.456 e. The number of nitro groups is 1. The maximum absolute atomic E-state index is 14.3. The molecule has 5 amide bonds. The summed E-state index contributed by atoms with van der Waals surface area (Å²) in [4.78, 5) is 124. The van der Waals surface area contributed by atoms with Crippen molar-refractivity contribution in [3.8, 4) is 5.75 Å². The van der Waals surface area contributed by atoms with Crippen molar-refractivity contribution in [3.05, 3.63) is 92.5 Å². The fraction of sp³-hybridized carbons (Fsp3) is 0.529. The summed E-state index contributed by atoms with van der Waals surface area (Å²) < 4.78 is 22.9. The molecule has 0 bridgehead atoms. The zero-order valence-electron chi connectivity index (χ0n) is 43.0. The van der Waals surface area contributed by atoms with Gasteiger partial charge in [0.15, 0.2) is 6.10 Å². The highest BCUT2D eigenvalue weighted by Crippen LogP contribution is 2.27. The SMILES string of the molecule is C/C=C(\C)[C@H]1OC(=O)[C@@H](C)NC(=O)[C@H](C(C)CC)NC(=O)CN(C)C(=O)[C@@H](Cc2ccc(Cl)cc2)N(C)C(=O)[C@H](C)NC(=O)[C@@H](CC(C)C)OC(=O)/C(C)=C/C[C@H](OC(=O)Oc2ccc([N+](=O)[O-])cc2)[C@@H]1C. The van der Waals surface area contributed by atoms with Crippen LogP contribution in [0.1, 0.15) is 94.1 Å². The van der Waals surface area contributed by atoms with E-state index in [9.17, 15) is 48.5 Å². The zero-order chi connectivity index (χ0) is 54.1. The first-order valence-electron chi connectivity index (χ1n) is 23.8. The predicted molar refractivity (Wildman–Crippen MR) is 266 cm³/mol. The zero-order valence-corrected chi connectivity index (χ0v) is 43.8. The van der Waals surface area contributed by atoms with Gasteiger partial charge in [-0.1, -0.05) is 76.9 Å². The van der Waals surface area contributed by atoms with Gasteiger partial charge in [-0.2, -0.15) is 0 Å². The van der Waals surface area contributed by atoms with E-state index in [1.807, 2.05) is 0 Å². The molecule has 3 rings (SSSR count). The fourth-order valence-corrected chi connectivity index (χ4v) is 7.70. The average Bonchev–Trinajstić information content (AvgIpc) is 3.33. The van der Waals surface area contributed by atoms with Gasteiger partial charge in [0.25, 0.3) is 11.6 Å². The highest BCUT2D eigenvalue weighted by Gasteiger charge is 2.38. The lowest BCUT2D eigenvalue weighted by atomic mass is 9.90. The molecule has 2 aromatic carbocycles. The van der Waals surface area contributed by atoms with Crippen LogP contribution in [0.3, 0.4) is 0 Å². The van der Waals surface area contributed by atoms with E-state index in [0.29, 0.717) is 22.6 Å². The summed E-state index contributed by atoms with van der Waals surface area (Å²) in [5.74, 6) is -6.94. The minimum Gasteiger partial charge on any atom is -0.456 e. The normalized spacial score (nSPS) is 25.5. The molecule has 21 heteroatoms. The number of hydrogen-bond donors (Lipinski definition) is 3. The number of likely N-dealkylation sites (N-methyl/N-ethyl adjacent to an activating group) is 2. The van der Waals surface area contributed by atoms with Gasteiger partial charge in [-0.05, 0) is 88.3 Å². The maximum atomic E-state index is 14.3. The number of nitrogens with zero attached hydrogens (tertiary/aromatic N) is 3. The number of hydrogen-bond acceptors (Lipinski definition) is 14. The lowest BCUT2D eigenvalue weighted by Crippen LogP contribution is -2.57. The fourth-order valence-electron chi connectivity index (χ4n) is 7.58. The van der Waals surface area contributed by atoms with E-state index in [1.54, 1.807) is 78.8 Å². The Morgan fingerprint density at radius 2 is 1.51 bits per heavy atom. The summed E-state index contributed by atoms with van der Waals surface area (Å²) in [7, 11) is 2.76. The maximum Gasteiger partial charge on any atom is 0.514 e. The van der Waals surface area contributed by atoms with Crippen LogP contribution in [-0.4, -0.2) is 125 Å². The van der Waals surface area contributed by atoms with Gasteiger partial charge in [0, 0.05) is 55.6 Å². The number of cyclic esters (lactones) is 2. The van der Waals surface area contributed by atoms with Gasteiger partial charge < -0.3 is 44.7 Å². The highest BCUT2D eigenvalue weighted by molar-refractivity contribution is 6.30. The topological polar surface area (TPSA) is 259 Å². The van der Waals surface area contributed by atoms with Crippen molar-refractivity contribution in [2.75, 3.05) is 20.6 Å². The first-order valence-corrected chi connectivity index (χ1v) is 24.2. The molecule has 394 valence electrons. The number of nitro benzene ring substituents is 1. The number of carbonyl (C=O) groups is 8. The molecule has 1 heterocycles. The number of rotatable bonds is 10. The number of nitrogens with one attached hydrogen (secondary N) is 3. The molecule has 72 heavy (non-hydrogen) atoms. The van der Waals surface area contributed by atoms with Crippen LogP contribution >= 0.6 is 11.6 Å². The first-order chi connectivity index (χ1) is 33.8. The van der Waals surface area contributed by atoms with Crippen molar-refractivity contribution in [2.45, 2.75) is 137 Å². The molecule has 0 fully saturated rings. The minimum atomic E-state index is -1.39. The van der Waals surface area contributed by atoms with E-state index in [-0.39, 0.29) is 42.2 Å². The summed E-state index contributed by atoms with van der Waals surface area (Å²) in [5.41, 5.74) is 0.886. The molecule has 2 aromatic rings. The lowest BCUT2D eigenvalue weighted by molar-refractivity contribution is -0.384. The third kappa shape index (κ3) is 17.5. The van der Waals surface area contributed by atoms with Crippen molar-refractivity contribution in [2.24, 2.45) is 17.8 Å². The number of non-ortho nitro benzene ring substituents is 1. The van der Waals surface area contributed by atoms with Gasteiger partial charge in [0.05, 0.1) is 11.5 Å². The molecular weight excluding hydrogens is 956 g/mol. The predicted octanol–water partition coefficient (Wildman–Crippen LogP) is 6.02. The number of esters is 2. The van der Waals surface area contributed by atoms with Gasteiger partial charge in [-0.25, -0.2) is 14.4 Å². The van der Waals surface area contributed by atoms with Crippen molar-refractivity contribution >= 4 is 64.9 Å². The van der Waals surface area contributed by atoms with E-state index in [2.05, 4.69) is 16.0 Å². The van der Waals surface area contributed by atoms with Crippen LogP contribution in [0.2, 0.25) is 5.02 Å². The Labute approximate surface area is 425 Å². The molecule has 0 aliphatic carbocycles. The van der Waals surface area contributed by atoms with E-state index in [0.717, 1.165) is 21.9 Å². The van der Waals surface area contributed by atoms with Crippen LogP contribution in [0.25, 0.3) is 0 Å². The second-order valence-electron chi connectivity index (χ2n) is 18.5. The molecule has 0 saturated carbocycles. The number of halogens is 1. The minimum absolute atomic E-state index is 0.00495. The Morgan fingerprint density at radius 3 is 2.08 bits per heavy atom. The third-order valence-electron chi connectivity index (χ3n) is 12.4. The van der Waals surface area contributed by atoms with Gasteiger partial charge >= 0.3 is 18.1 Å². The van der Waals surface area contributed by atoms with Gasteiger partial charge in [-0.15, -0.1) is 0 Å². The molecule has 0 saturated heterocycles. The average molecular weight is 1030 g/mol. The summed E-state index contributed by atoms with van der Waals surface area (Å²) in [6.07, 6.45) is -1.59. The summed E-state index contributed by atoms with van der Waals surface area (Å²) in [6.45, 7) is 15.8. The van der Waals surface area contributed by atoms with Gasteiger partial charge in [0.1, 0.15) is 42.1 Å². The standard InChI is InChI=1S/C51H69ClN6O14/c1-13-29(5)43-46(61)54-34(10)50(65)72-44(30(6)14-2)32(8)40(71-51(66)69-38-22-20-37(21-23-38)58(67)68)24-15-31(7)49(64)70-41(25-28(3)4)45(60)53-33(9)47(62)57(12)39(26-35-16-18-36(52)19-17-35)48(63)56(11)27-42(59)55-43/h14-23,28-29,32-34,39-41,43-44H,13,24-27H2,1-12H3,(H,53,60)(H,54,61)(H,55,59)/b30-14+,31-15+/t29?,32-,33-,34+,39+,40-,41+,43-,44+/m0/s1. The largest absolute Gasteiger partial charge is 0.514 e.